The molecule has 0 aliphatic rings. The quantitative estimate of drug-likeness (QED) is 0.838. The van der Waals surface area contributed by atoms with E-state index in [1.165, 1.54) is 10.6 Å². The standard InChI is InChI=1S/C15H23N3S/c1-4-8-16-14(11-13-7-6-9-19-13)15-10-12(3)17-18(15)5-2/h6-7,9-10,14,16H,4-5,8,11H2,1-3H3. The van der Waals surface area contributed by atoms with E-state index < -0.39 is 0 Å². The molecule has 1 unspecified atom stereocenters. The van der Waals surface area contributed by atoms with Gasteiger partial charge in [0.25, 0.3) is 0 Å². The first-order valence-electron chi connectivity index (χ1n) is 7.04. The Labute approximate surface area is 119 Å². The highest BCUT2D eigenvalue weighted by atomic mass is 32.1. The molecule has 0 amide bonds. The van der Waals surface area contributed by atoms with Crippen molar-refractivity contribution in [3.05, 3.63) is 39.8 Å². The minimum atomic E-state index is 0.361. The molecule has 2 aromatic heterocycles. The van der Waals surface area contributed by atoms with Crippen molar-refractivity contribution in [1.82, 2.24) is 15.1 Å². The lowest BCUT2D eigenvalue weighted by atomic mass is 10.1. The molecule has 3 nitrogen and oxygen atoms in total. The number of aromatic nitrogens is 2. The van der Waals surface area contributed by atoms with Gasteiger partial charge in [-0.1, -0.05) is 13.0 Å². The van der Waals surface area contributed by atoms with Gasteiger partial charge in [0.2, 0.25) is 0 Å². The molecule has 19 heavy (non-hydrogen) atoms. The van der Waals surface area contributed by atoms with Crippen molar-refractivity contribution in [2.75, 3.05) is 6.54 Å². The highest BCUT2D eigenvalue weighted by Crippen LogP contribution is 2.22. The maximum Gasteiger partial charge on any atom is 0.0597 e. The highest BCUT2D eigenvalue weighted by molar-refractivity contribution is 7.09. The first-order chi connectivity index (χ1) is 9.24. The third kappa shape index (κ3) is 3.67. The minimum Gasteiger partial charge on any atom is -0.308 e. The van der Waals surface area contributed by atoms with Crippen LogP contribution in [0.3, 0.4) is 0 Å². The third-order valence-electron chi connectivity index (χ3n) is 3.22. The maximum absolute atomic E-state index is 4.57. The molecule has 1 atom stereocenters. The van der Waals surface area contributed by atoms with Crippen LogP contribution in [0.4, 0.5) is 0 Å². The van der Waals surface area contributed by atoms with E-state index in [4.69, 9.17) is 0 Å². The molecule has 0 fully saturated rings. The molecule has 104 valence electrons. The molecule has 2 rings (SSSR count). The molecule has 2 heterocycles. The Morgan fingerprint density at radius 1 is 1.42 bits per heavy atom. The van der Waals surface area contributed by atoms with Gasteiger partial charge < -0.3 is 5.32 Å². The summed E-state index contributed by atoms with van der Waals surface area (Å²) in [5.74, 6) is 0. The molecule has 0 saturated heterocycles. The average Bonchev–Trinajstić information content (AvgIpc) is 3.03. The number of nitrogens with zero attached hydrogens (tertiary/aromatic N) is 2. The van der Waals surface area contributed by atoms with E-state index in [-0.39, 0.29) is 0 Å². The maximum atomic E-state index is 4.57. The molecule has 1 N–H and O–H groups in total. The van der Waals surface area contributed by atoms with Gasteiger partial charge in [-0.05, 0) is 44.3 Å². The Kier molecular flexibility index (Phi) is 5.16. The Hall–Kier alpha value is -1.13. The van der Waals surface area contributed by atoms with Gasteiger partial charge in [-0.3, -0.25) is 4.68 Å². The zero-order valence-corrected chi connectivity index (χ0v) is 12.8. The Morgan fingerprint density at radius 3 is 2.89 bits per heavy atom. The van der Waals surface area contributed by atoms with Gasteiger partial charge in [0.1, 0.15) is 0 Å². The second kappa shape index (κ2) is 6.87. The SMILES string of the molecule is CCCNC(Cc1cccs1)c1cc(C)nn1CC. The molecule has 0 aliphatic heterocycles. The Bertz CT molecular complexity index is 487. The molecule has 0 bridgehead atoms. The van der Waals surface area contributed by atoms with Crippen molar-refractivity contribution in [3.8, 4) is 0 Å². The number of thiophene rings is 1. The van der Waals surface area contributed by atoms with Gasteiger partial charge in [-0.15, -0.1) is 11.3 Å². The van der Waals surface area contributed by atoms with Crippen LogP contribution in [0.1, 0.15) is 42.6 Å². The summed E-state index contributed by atoms with van der Waals surface area (Å²) in [6, 6.07) is 6.91. The zero-order valence-electron chi connectivity index (χ0n) is 12.0. The van der Waals surface area contributed by atoms with Crippen molar-refractivity contribution in [2.24, 2.45) is 0 Å². The summed E-state index contributed by atoms with van der Waals surface area (Å²) in [7, 11) is 0. The predicted octanol–water partition coefficient (Wildman–Crippen LogP) is 3.56. The second-order valence-electron chi connectivity index (χ2n) is 4.82. The first-order valence-corrected chi connectivity index (χ1v) is 7.92. The van der Waals surface area contributed by atoms with Gasteiger partial charge in [0.15, 0.2) is 0 Å². The number of nitrogens with one attached hydrogen (secondary N) is 1. The van der Waals surface area contributed by atoms with Crippen LogP contribution in [0, 0.1) is 6.92 Å². The van der Waals surface area contributed by atoms with Gasteiger partial charge in [-0.25, -0.2) is 0 Å². The van der Waals surface area contributed by atoms with Gasteiger partial charge >= 0.3 is 0 Å². The van der Waals surface area contributed by atoms with Crippen molar-refractivity contribution in [2.45, 2.75) is 46.2 Å². The van der Waals surface area contributed by atoms with Crippen molar-refractivity contribution in [1.29, 1.82) is 0 Å². The van der Waals surface area contributed by atoms with Crippen molar-refractivity contribution < 1.29 is 0 Å². The summed E-state index contributed by atoms with van der Waals surface area (Å²) in [6.45, 7) is 8.40. The summed E-state index contributed by atoms with van der Waals surface area (Å²) < 4.78 is 2.12. The van der Waals surface area contributed by atoms with E-state index in [1.807, 2.05) is 11.3 Å². The fourth-order valence-electron chi connectivity index (χ4n) is 2.33. The average molecular weight is 277 g/mol. The Morgan fingerprint density at radius 2 is 2.26 bits per heavy atom. The van der Waals surface area contributed by atoms with E-state index in [0.717, 1.165) is 31.6 Å². The van der Waals surface area contributed by atoms with Crippen LogP contribution in [0.5, 0.6) is 0 Å². The van der Waals surface area contributed by atoms with Crippen molar-refractivity contribution in [3.63, 3.8) is 0 Å². The van der Waals surface area contributed by atoms with Gasteiger partial charge in [0, 0.05) is 17.8 Å². The number of hydrogen-bond acceptors (Lipinski definition) is 3. The summed E-state index contributed by atoms with van der Waals surface area (Å²) >= 11 is 1.83. The molecular weight excluding hydrogens is 254 g/mol. The second-order valence-corrected chi connectivity index (χ2v) is 5.85. The van der Waals surface area contributed by atoms with Crippen LogP contribution in [-0.2, 0) is 13.0 Å². The van der Waals surface area contributed by atoms with Crippen LogP contribution in [0.15, 0.2) is 23.6 Å². The number of rotatable bonds is 7. The zero-order chi connectivity index (χ0) is 13.7. The van der Waals surface area contributed by atoms with Crippen LogP contribution in [0.25, 0.3) is 0 Å². The summed E-state index contributed by atoms with van der Waals surface area (Å²) in [5.41, 5.74) is 2.41. The minimum absolute atomic E-state index is 0.361. The van der Waals surface area contributed by atoms with Gasteiger partial charge in [-0.2, -0.15) is 5.10 Å². The van der Waals surface area contributed by atoms with Crippen LogP contribution in [-0.4, -0.2) is 16.3 Å². The van der Waals surface area contributed by atoms with E-state index in [2.05, 4.69) is 59.4 Å². The molecule has 0 spiro atoms. The number of hydrogen-bond donors (Lipinski definition) is 1. The normalized spacial score (nSPS) is 12.8. The van der Waals surface area contributed by atoms with E-state index in [1.54, 1.807) is 0 Å². The molecule has 0 saturated carbocycles. The van der Waals surface area contributed by atoms with Crippen LogP contribution >= 0.6 is 11.3 Å². The smallest absolute Gasteiger partial charge is 0.0597 e. The third-order valence-corrected chi connectivity index (χ3v) is 4.11. The Balaban J connectivity index is 2.20. The van der Waals surface area contributed by atoms with E-state index in [0.29, 0.717) is 6.04 Å². The molecule has 0 aliphatic carbocycles. The largest absolute Gasteiger partial charge is 0.308 e. The topological polar surface area (TPSA) is 29.9 Å². The molecular formula is C15H23N3S. The summed E-state index contributed by atoms with van der Waals surface area (Å²) in [4.78, 5) is 1.43. The summed E-state index contributed by atoms with van der Waals surface area (Å²) in [5, 5.41) is 10.4. The number of aryl methyl sites for hydroxylation is 2. The lowest BCUT2D eigenvalue weighted by Crippen LogP contribution is -2.26. The fourth-order valence-corrected chi connectivity index (χ4v) is 3.08. The molecule has 0 aromatic carbocycles. The van der Waals surface area contributed by atoms with Crippen LogP contribution < -0.4 is 5.32 Å². The summed E-state index contributed by atoms with van der Waals surface area (Å²) in [6.07, 6.45) is 2.20. The van der Waals surface area contributed by atoms with E-state index >= 15 is 0 Å². The monoisotopic (exact) mass is 277 g/mol. The van der Waals surface area contributed by atoms with E-state index in [9.17, 15) is 0 Å². The molecule has 4 heteroatoms. The molecule has 0 radical (unpaired) electrons. The van der Waals surface area contributed by atoms with Crippen molar-refractivity contribution >= 4 is 11.3 Å². The lowest BCUT2D eigenvalue weighted by molar-refractivity contribution is 0.480. The van der Waals surface area contributed by atoms with Crippen LogP contribution in [0.2, 0.25) is 0 Å². The highest BCUT2D eigenvalue weighted by Gasteiger charge is 2.17. The first kappa shape index (κ1) is 14.3. The fraction of sp³-hybridized carbons (Fsp3) is 0.533. The van der Waals surface area contributed by atoms with Gasteiger partial charge in [0.05, 0.1) is 17.4 Å². The predicted molar refractivity (Wildman–Crippen MR) is 81.7 cm³/mol. The molecule has 2 aromatic rings. The lowest BCUT2D eigenvalue weighted by Gasteiger charge is -2.19.